The smallest absolute Gasteiger partial charge is 0.263 e. The normalized spacial score (nSPS) is 13.7. The summed E-state index contributed by atoms with van der Waals surface area (Å²) in [5, 5.41) is 7.37. The molecule has 0 atom stereocenters. The fourth-order valence-electron chi connectivity index (χ4n) is 2.16. The quantitative estimate of drug-likeness (QED) is 0.682. The molecule has 24 heavy (non-hydrogen) atoms. The molecule has 1 aliphatic rings. The maximum absolute atomic E-state index is 12.2. The zero-order valence-corrected chi connectivity index (χ0v) is 14.1. The van der Waals surface area contributed by atoms with E-state index in [1.54, 1.807) is 17.5 Å². The molecule has 0 saturated heterocycles. The molecule has 1 aliphatic carbocycles. The van der Waals surface area contributed by atoms with Crippen molar-refractivity contribution in [2.75, 3.05) is 25.1 Å². The van der Waals surface area contributed by atoms with Crippen LogP contribution in [0.3, 0.4) is 0 Å². The van der Waals surface area contributed by atoms with Gasteiger partial charge in [0.25, 0.3) is 11.8 Å². The Bertz CT molecular complexity index is 677. The molecular weight excluding hydrogens is 328 g/mol. The SMILES string of the molecule is O=C(Nc1ccsc1C(=O)NCCCOCC1CC1)c1ccoc1. The number of carbonyl (C=O) groups is 2. The van der Waals surface area contributed by atoms with Crippen LogP contribution in [0.5, 0.6) is 0 Å². The van der Waals surface area contributed by atoms with Crippen molar-refractivity contribution in [2.45, 2.75) is 19.3 Å². The lowest BCUT2D eigenvalue weighted by atomic mass is 10.3. The van der Waals surface area contributed by atoms with Gasteiger partial charge in [-0.1, -0.05) is 0 Å². The molecular formula is C17H20N2O4S. The van der Waals surface area contributed by atoms with Gasteiger partial charge in [0, 0.05) is 19.8 Å². The van der Waals surface area contributed by atoms with Gasteiger partial charge in [-0.25, -0.2) is 0 Å². The first kappa shape index (κ1) is 16.7. The van der Waals surface area contributed by atoms with E-state index in [1.807, 2.05) is 0 Å². The minimum absolute atomic E-state index is 0.185. The summed E-state index contributed by atoms with van der Waals surface area (Å²) in [5.74, 6) is 0.270. The molecule has 0 aliphatic heterocycles. The first-order valence-corrected chi connectivity index (χ1v) is 8.89. The standard InChI is InChI=1S/C17H20N2O4S/c20-16(13-4-8-23-11-13)19-14-5-9-24-15(14)17(21)18-6-1-7-22-10-12-2-3-12/h4-5,8-9,11-12H,1-3,6-7,10H2,(H,18,21)(H,19,20). The second kappa shape index (κ2) is 8.12. The number of hydrogen-bond donors (Lipinski definition) is 2. The average molecular weight is 348 g/mol. The number of anilines is 1. The van der Waals surface area contributed by atoms with Crippen molar-refractivity contribution in [1.82, 2.24) is 5.32 Å². The Balaban J connectivity index is 1.43. The molecule has 0 aromatic carbocycles. The molecule has 3 rings (SSSR count). The van der Waals surface area contributed by atoms with Gasteiger partial charge >= 0.3 is 0 Å². The Morgan fingerprint density at radius 1 is 1.29 bits per heavy atom. The molecule has 6 nitrogen and oxygen atoms in total. The molecule has 0 unspecified atom stereocenters. The molecule has 1 fully saturated rings. The Morgan fingerprint density at radius 2 is 2.17 bits per heavy atom. The summed E-state index contributed by atoms with van der Waals surface area (Å²) in [4.78, 5) is 24.8. The fraction of sp³-hybridized carbons (Fsp3) is 0.412. The van der Waals surface area contributed by atoms with Crippen LogP contribution in [-0.4, -0.2) is 31.6 Å². The number of thiophene rings is 1. The Hall–Kier alpha value is -2.12. The van der Waals surface area contributed by atoms with Crippen LogP contribution in [0.15, 0.2) is 34.5 Å². The maximum atomic E-state index is 12.2. The van der Waals surface area contributed by atoms with Crippen LogP contribution in [0.2, 0.25) is 0 Å². The van der Waals surface area contributed by atoms with Gasteiger partial charge in [-0.05, 0) is 42.7 Å². The van der Waals surface area contributed by atoms with Crippen LogP contribution >= 0.6 is 11.3 Å². The van der Waals surface area contributed by atoms with Crippen molar-refractivity contribution >= 4 is 28.8 Å². The van der Waals surface area contributed by atoms with E-state index in [2.05, 4.69) is 10.6 Å². The highest BCUT2D eigenvalue weighted by atomic mass is 32.1. The van der Waals surface area contributed by atoms with Gasteiger partial charge in [0.1, 0.15) is 11.1 Å². The highest BCUT2D eigenvalue weighted by molar-refractivity contribution is 7.12. The highest BCUT2D eigenvalue weighted by Gasteiger charge is 2.21. The molecule has 7 heteroatoms. The summed E-state index contributed by atoms with van der Waals surface area (Å²) in [7, 11) is 0. The van der Waals surface area contributed by atoms with Crippen molar-refractivity contribution < 1.29 is 18.7 Å². The van der Waals surface area contributed by atoms with E-state index < -0.39 is 0 Å². The Labute approximate surface area is 144 Å². The summed E-state index contributed by atoms with van der Waals surface area (Å²) >= 11 is 1.30. The monoisotopic (exact) mass is 348 g/mol. The van der Waals surface area contributed by atoms with Crippen LogP contribution < -0.4 is 10.6 Å². The first-order chi connectivity index (χ1) is 11.7. The number of ether oxygens (including phenoxy) is 1. The predicted molar refractivity (Wildman–Crippen MR) is 91.5 cm³/mol. The molecule has 2 N–H and O–H groups in total. The second-order valence-electron chi connectivity index (χ2n) is 5.76. The third-order valence-corrected chi connectivity index (χ3v) is 4.62. The maximum Gasteiger partial charge on any atom is 0.263 e. The highest BCUT2D eigenvalue weighted by Crippen LogP contribution is 2.28. The van der Waals surface area contributed by atoms with Crippen LogP contribution in [-0.2, 0) is 4.74 Å². The van der Waals surface area contributed by atoms with E-state index in [0.29, 0.717) is 29.3 Å². The van der Waals surface area contributed by atoms with Gasteiger partial charge in [-0.15, -0.1) is 11.3 Å². The number of hydrogen-bond acceptors (Lipinski definition) is 5. The lowest BCUT2D eigenvalue weighted by Crippen LogP contribution is -2.25. The summed E-state index contributed by atoms with van der Waals surface area (Å²) in [5.41, 5.74) is 0.925. The van der Waals surface area contributed by atoms with E-state index in [4.69, 9.17) is 9.15 Å². The summed E-state index contributed by atoms with van der Waals surface area (Å²) in [6.45, 7) is 2.05. The summed E-state index contributed by atoms with van der Waals surface area (Å²) in [6, 6.07) is 3.29. The van der Waals surface area contributed by atoms with Crippen LogP contribution in [0.1, 0.15) is 39.3 Å². The molecule has 1 saturated carbocycles. The summed E-state index contributed by atoms with van der Waals surface area (Å²) in [6.07, 6.45) is 6.13. The van der Waals surface area contributed by atoms with Gasteiger partial charge < -0.3 is 19.8 Å². The number of furan rings is 1. The predicted octanol–water partition coefficient (Wildman–Crippen LogP) is 3.14. The number of rotatable bonds is 9. The van der Waals surface area contributed by atoms with E-state index in [9.17, 15) is 9.59 Å². The molecule has 2 aromatic rings. The largest absolute Gasteiger partial charge is 0.472 e. The van der Waals surface area contributed by atoms with Gasteiger partial charge in [-0.2, -0.15) is 0 Å². The van der Waals surface area contributed by atoms with E-state index in [1.165, 1.54) is 36.7 Å². The molecule has 0 radical (unpaired) electrons. The molecule has 2 aromatic heterocycles. The van der Waals surface area contributed by atoms with Crippen molar-refractivity contribution in [3.63, 3.8) is 0 Å². The number of amides is 2. The minimum atomic E-state index is -0.301. The topological polar surface area (TPSA) is 80.6 Å². The molecule has 128 valence electrons. The Kier molecular flexibility index (Phi) is 5.66. The van der Waals surface area contributed by atoms with Gasteiger partial charge in [0.2, 0.25) is 0 Å². The van der Waals surface area contributed by atoms with Crippen molar-refractivity contribution in [2.24, 2.45) is 5.92 Å². The van der Waals surface area contributed by atoms with Gasteiger partial charge in [0.15, 0.2) is 0 Å². The molecule has 2 amide bonds. The summed E-state index contributed by atoms with van der Waals surface area (Å²) < 4.78 is 10.4. The van der Waals surface area contributed by atoms with Crippen LogP contribution in [0, 0.1) is 5.92 Å². The van der Waals surface area contributed by atoms with E-state index >= 15 is 0 Å². The lowest BCUT2D eigenvalue weighted by molar-refractivity contribution is 0.0942. The molecule has 0 bridgehead atoms. The second-order valence-corrected chi connectivity index (χ2v) is 6.67. The first-order valence-electron chi connectivity index (χ1n) is 8.01. The number of carbonyl (C=O) groups excluding carboxylic acids is 2. The van der Waals surface area contributed by atoms with E-state index in [-0.39, 0.29) is 11.8 Å². The average Bonchev–Trinajstić information content (AvgIpc) is 3.04. The van der Waals surface area contributed by atoms with Crippen molar-refractivity contribution in [1.29, 1.82) is 0 Å². The zero-order valence-electron chi connectivity index (χ0n) is 13.2. The minimum Gasteiger partial charge on any atom is -0.472 e. The third kappa shape index (κ3) is 4.69. The van der Waals surface area contributed by atoms with Gasteiger partial charge in [-0.3, -0.25) is 9.59 Å². The van der Waals surface area contributed by atoms with Gasteiger partial charge in [0.05, 0.1) is 17.5 Å². The van der Waals surface area contributed by atoms with Crippen molar-refractivity contribution in [3.8, 4) is 0 Å². The van der Waals surface area contributed by atoms with Crippen LogP contribution in [0.4, 0.5) is 5.69 Å². The lowest BCUT2D eigenvalue weighted by Gasteiger charge is -2.07. The van der Waals surface area contributed by atoms with Crippen LogP contribution in [0.25, 0.3) is 0 Å². The fourth-order valence-corrected chi connectivity index (χ4v) is 2.93. The third-order valence-electron chi connectivity index (χ3n) is 3.70. The zero-order chi connectivity index (χ0) is 16.8. The Morgan fingerprint density at radius 3 is 2.92 bits per heavy atom. The van der Waals surface area contributed by atoms with Crippen molar-refractivity contribution in [3.05, 3.63) is 40.5 Å². The number of nitrogens with one attached hydrogen (secondary N) is 2. The molecule has 0 spiro atoms. The molecule has 2 heterocycles. The van der Waals surface area contributed by atoms with E-state index in [0.717, 1.165) is 18.9 Å².